The lowest BCUT2D eigenvalue weighted by atomic mass is 9.92. The maximum Gasteiger partial charge on any atom is 0.176 e. The molecule has 1 N–H and O–H groups in total. The Morgan fingerprint density at radius 1 is 1.10 bits per heavy atom. The summed E-state index contributed by atoms with van der Waals surface area (Å²) in [7, 11) is 0. The summed E-state index contributed by atoms with van der Waals surface area (Å²) in [5, 5.41) is 16.1. The molecule has 0 unspecified atom stereocenters. The quantitative estimate of drug-likeness (QED) is 0.938. The summed E-state index contributed by atoms with van der Waals surface area (Å²) in [4.78, 5) is 0. The molecule has 0 spiro atoms. The van der Waals surface area contributed by atoms with Crippen LogP contribution in [-0.4, -0.2) is 26.2 Å². The highest BCUT2D eigenvalue weighted by atomic mass is 15.6. The Hall–Kier alpha value is -1.75. The van der Waals surface area contributed by atoms with Crippen LogP contribution in [0.5, 0.6) is 0 Å². The first kappa shape index (κ1) is 14.2. The van der Waals surface area contributed by atoms with E-state index in [0.29, 0.717) is 6.04 Å². The fourth-order valence-corrected chi connectivity index (χ4v) is 3.14. The van der Waals surface area contributed by atoms with Crippen molar-refractivity contribution >= 4 is 0 Å². The lowest BCUT2D eigenvalue weighted by molar-refractivity contribution is 0.270. The van der Waals surface area contributed by atoms with Crippen molar-refractivity contribution in [3.05, 3.63) is 36.2 Å². The first-order valence-electron chi connectivity index (χ1n) is 7.79. The van der Waals surface area contributed by atoms with E-state index in [9.17, 15) is 0 Å². The van der Waals surface area contributed by atoms with Gasteiger partial charge in [0, 0.05) is 6.04 Å². The van der Waals surface area contributed by atoms with Gasteiger partial charge in [-0.3, -0.25) is 0 Å². The van der Waals surface area contributed by atoms with E-state index < -0.39 is 0 Å². The Morgan fingerprint density at radius 2 is 1.81 bits per heavy atom. The van der Waals surface area contributed by atoms with Crippen molar-refractivity contribution in [3.8, 4) is 5.69 Å². The van der Waals surface area contributed by atoms with Crippen molar-refractivity contribution in [2.75, 3.05) is 0 Å². The van der Waals surface area contributed by atoms with E-state index in [2.05, 4.69) is 34.7 Å². The minimum Gasteiger partial charge on any atom is -0.302 e. The van der Waals surface area contributed by atoms with Crippen molar-refractivity contribution in [2.45, 2.75) is 57.5 Å². The highest BCUT2D eigenvalue weighted by Gasteiger charge is 2.31. The molecule has 0 bridgehead atoms. The molecule has 3 rings (SSSR count). The Bertz CT molecular complexity index is 569. The Labute approximate surface area is 125 Å². The van der Waals surface area contributed by atoms with Crippen LogP contribution >= 0.6 is 0 Å². The highest BCUT2D eigenvalue weighted by Crippen LogP contribution is 2.25. The molecular formula is C16H23N5. The van der Waals surface area contributed by atoms with Gasteiger partial charge in [-0.1, -0.05) is 37.5 Å². The van der Waals surface area contributed by atoms with Crippen LogP contribution in [0.15, 0.2) is 30.3 Å². The normalized spacial score (nSPS) is 17.0. The largest absolute Gasteiger partial charge is 0.302 e. The van der Waals surface area contributed by atoms with Crippen LogP contribution in [-0.2, 0) is 5.54 Å². The molecule has 0 amide bonds. The third-order valence-corrected chi connectivity index (χ3v) is 4.20. The molecule has 0 atom stereocenters. The zero-order valence-corrected chi connectivity index (χ0v) is 12.8. The first-order chi connectivity index (χ1) is 10.2. The van der Waals surface area contributed by atoms with Crippen LogP contribution in [0.2, 0.25) is 0 Å². The third-order valence-electron chi connectivity index (χ3n) is 4.20. The van der Waals surface area contributed by atoms with Gasteiger partial charge in [-0.2, -0.15) is 4.68 Å². The second-order valence-corrected chi connectivity index (χ2v) is 6.35. The summed E-state index contributed by atoms with van der Waals surface area (Å²) in [6.45, 7) is 4.32. The van der Waals surface area contributed by atoms with E-state index >= 15 is 0 Å². The summed E-state index contributed by atoms with van der Waals surface area (Å²) in [5.41, 5.74) is 0.748. The molecule has 0 radical (unpaired) electrons. The summed E-state index contributed by atoms with van der Waals surface area (Å²) in [6.07, 6.45) is 6.49. The number of rotatable bonds is 4. The fraction of sp³-hybridized carbons (Fsp3) is 0.562. The van der Waals surface area contributed by atoms with Gasteiger partial charge in [0.1, 0.15) is 0 Å². The number of hydrogen-bond donors (Lipinski definition) is 1. The third kappa shape index (κ3) is 3.13. The van der Waals surface area contributed by atoms with Gasteiger partial charge in [0.25, 0.3) is 0 Å². The van der Waals surface area contributed by atoms with E-state index in [-0.39, 0.29) is 5.54 Å². The van der Waals surface area contributed by atoms with Crippen molar-refractivity contribution < 1.29 is 0 Å². The molecule has 1 fully saturated rings. The van der Waals surface area contributed by atoms with E-state index in [1.165, 1.54) is 32.1 Å². The predicted octanol–water partition coefficient (Wildman–Crippen LogP) is 2.82. The predicted molar refractivity (Wildman–Crippen MR) is 82.2 cm³/mol. The smallest absolute Gasteiger partial charge is 0.176 e. The maximum absolute atomic E-state index is 4.27. The van der Waals surface area contributed by atoms with Crippen LogP contribution in [0.1, 0.15) is 51.8 Å². The fourth-order valence-electron chi connectivity index (χ4n) is 3.14. The topological polar surface area (TPSA) is 55.6 Å². The van der Waals surface area contributed by atoms with Crippen LogP contribution in [0, 0.1) is 0 Å². The minimum atomic E-state index is -0.249. The molecule has 1 heterocycles. The molecular weight excluding hydrogens is 262 g/mol. The highest BCUT2D eigenvalue weighted by molar-refractivity contribution is 5.31. The zero-order valence-electron chi connectivity index (χ0n) is 12.8. The van der Waals surface area contributed by atoms with Crippen LogP contribution in [0.4, 0.5) is 0 Å². The van der Waals surface area contributed by atoms with Crippen LogP contribution in [0.25, 0.3) is 5.69 Å². The minimum absolute atomic E-state index is 0.249. The van der Waals surface area contributed by atoms with Gasteiger partial charge < -0.3 is 5.32 Å². The van der Waals surface area contributed by atoms with Crippen molar-refractivity contribution in [1.82, 2.24) is 25.5 Å². The van der Waals surface area contributed by atoms with Crippen molar-refractivity contribution in [2.24, 2.45) is 0 Å². The van der Waals surface area contributed by atoms with E-state index in [0.717, 1.165) is 11.5 Å². The number of hydrogen-bond acceptors (Lipinski definition) is 4. The average molecular weight is 285 g/mol. The average Bonchev–Trinajstić information content (AvgIpc) is 2.99. The number of aromatic nitrogens is 4. The molecule has 1 saturated carbocycles. The molecule has 0 saturated heterocycles. The molecule has 1 aromatic heterocycles. The number of benzene rings is 1. The zero-order chi connectivity index (χ0) is 14.7. The molecule has 1 aliphatic rings. The van der Waals surface area contributed by atoms with E-state index in [1.807, 2.05) is 35.0 Å². The Balaban J connectivity index is 1.84. The lowest BCUT2D eigenvalue weighted by Gasteiger charge is -2.32. The van der Waals surface area contributed by atoms with Crippen LogP contribution in [0.3, 0.4) is 0 Å². The first-order valence-corrected chi connectivity index (χ1v) is 7.79. The molecule has 1 aliphatic carbocycles. The summed E-state index contributed by atoms with van der Waals surface area (Å²) < 4.78 is 1.83. The standard InChI is InChI=1S/C16H23N5/c1-16(2,17-13-9-5-3-6-10-13)15-18-19-20-21(15)14-11-7-4-8-12-14/h4,7-8,11-13,17H,3,5-6,9-10H2,1-2H3. The number of para-hydroxylation sites is 1. The van der Waals surface area contributed by atoms with Gasteiger partial charge in [-0.25, -0.2) is 0 Å². The van der Waals surface area contributed by atoms with Gasteiger partial charge in [0.15, 0.2) is 5.82 Å². The molecule has 5 nitrogen and oxygen atoms in total. The molecule has 1 aromatic carbocycles. The molecule has 0 aliphatic heterocycles. The molecule has 2 aromatic rings. The Kier molecular flexibility index (Phi) is 4.01. The second-order valence-electron chi connectivity index (χ2n) is 6.35. The second kappa shape index (κ2) is 5.93. The lowest BCUT2D eigenvalue weighted by Crippen LogP contribution is -2.46. The van der Waals surface area contributed by atoms with Gasteiger partial charge >= 0.3 is 0 Å². The monoisotopic (exact) mass is 285 g/mol. The number of nitrogens with one attached hydrogen (secondary N) is 1. The summed E-state index contributed by atoms with van der Waals surface area (Å²) in [5.74, 6) is 0.860. The number of nitrogens with zero attached hydrogens (tertiary/aromatic N) is 4. The van der Waals surface area contributed by atoms with E-state index in [4.69, 9.17) is 0 Å². The van der Waals surface area contributed by atoms with Gasteiger partial charge in [0.2, 0.25) is 0 Å². The number of tetrazole rings is 1. The van der Waals surface area contributed by atoms with Gasteiger partial charge in [-0.05, 0) is 49.2 Å². The van der Waals surface area contributed by atoms with Gasteiger partial charge in [0.05, 0.1) is 11.2 Å². The van der Waals surface area contributed by atoms with E-state index in [1.54, 1.807) is 0 Å². The van der Waals surface area contributed by atoms with Crippen molar-refractivity contribution in [3.63, 3.8) is 0 Å². The molecule has 21 heavy (non-hydrogen) atoms. The SMILES string of the molecule is CC(C)(NC1CCCCC1)c1nnnn1-c1ccccc1. The van der Waals surface area contributed by atoms with Gasteiger partial charge in [-0.15, -0.1) is 5.10 Å². The van der Waals surface area contributed by atoms with Crippen LogP contribution < -0.4 is 5.32 Å². The summed E-state index contributed by atoms with van der Waals surface area (Å²) >= 11 is 0. The van der Waals surface area contributed by atoms with Crippen molar-refractivity contribution in [1.29, 1.82) is 0 Å². The Morgan fingerprint density at radius 3 is 2.52 bits per heavy atom. The maximum atomic E-state index is 4.27. The molecule has 112 valence electrons. The molecule has 5 heteroatoms. The summed E-state index contributed by atoms with van der Waals surface area (Å²) in [6, 6.07) is 10.6.